The lowest BCUT2D eigenvalue weighted by Gasteiger charge is -2.06. The van der Waals surface area contributed by atoms with Crippen LogP contribution in [0.2, 0.25) is 0 Å². The van der Waals surface area contributed by atoms with Crippen molar-refractivity contribution in [1.82, 2.24) is 10.3 Å². The van der Waals surface area contributed by atoms with Crippen molar-refractivity contribution in [2.75, 3.05) is 6.54 Å². The largest absolute Gasteiger partial charge is 0.370 e. The van der Waals surface area contributed by atoms with Crippen LogP contribution in [0.5, 0.6) is 0 Å². The molecule has 0 atom stereocenters. The van der Waals surface area contributed by atoms with E-state index in [2.05, 4.69) is 10.3 Å². The maximum absolute atomic E-state index is 12.1. The molecular weight excluding hydrogens is 314 g/mol. The third-order valence-corrected chi connectivity index (χ3v) is 3.77. The summed E-state index contributed by atoms with van der Waals surface area (Å²) in [6.07, 6.45) is 3.17. The van der Waals surface area contributed by atoms with Crippen molar-refractivity contribution in [3.8, 4) is 0 Å². The molecule has 1 heterocycles. The molecule has 0 saturated heterocycles. The Balaban J connectivity index is 2.00. The number of thioether (sulfide) groups is 1. The van der Waals surface area contributed by atoms with Gasteiger partial charge in [-0.05, 0) is 42.1 Å². The number of carbonyl (C=O) groups is 3. The van der Waals surface area contributed by atoms with Crippen LogP contribution < -0.4 is 11.1 Å². The summed E-state index contributed by atoms with van der Waals surface area (Å²) >= 11 is 1.02. The van der Waals surface area contributed by atoms with E-state index < -0.39 is 5.91 Å². The summed E-state index contributed by atoms with van der Waals surface area (Å²) in [6, 6.07) is 10.1. The van der Waals surface area contributed by atoms with E-state index in [1.54, 1.807) is 42.6 Å². The molecule has 0 spiro atoms. The van der Waals surface area contributed by atoms with Gasteiger partial charge in [-0.15, -0.1) is 0 Å². The van der Waals surface area contributed by atoms with Crippen LogP contribution in [0.3, 0.4) is 0 Å². The number of pyridine rings is 1. The van der Waals surface area contributed by atoms with E-state index in [4.69, 9.17) is 5.73 Å². The number of hydrogen-bond donors (Lipinski definition) is 2. The van der Waals surface area contributed by atoms with E-state index in [-0.39, 0.29) is 24.0 Å². The highest BCUT2D eigenvalue weighted by atomic mass is 32.2. The zero-order chi connectivity index (χ0) is 16.7. The zero-order valence-corrected chi connectivity index (χ0v) is 13.0. The normalized spacial score (nSPS) is 10.1. The second kappa shape index (κ2) is 8.09. The van der Waals surface area contributed by atoms with Gasteiger partial charge in [0.15, 0.2) is 0 Å². The minimum atomic E-state index is -0.475. The Morgan fingerprint density at radius 2 is 1.91 bits per heavy atom. The van der Waals surface area contributed by atoms with Crippen LogP contribution in [-0.2, 0) is 4.79 Å². The molecule has 23 heavy (non-hydrogen) atoms. The van der Waals surface area contributed by atoms with Gasteiger partial charge in [-0.3, -0.25) is 19.4 Å². The van der Waals surface area contributed by atoms with Crippen molar-refractivity contribution >= 4 is 28.7 Å². The van der Waals surface area contributed by atoms with Crippen LogP contribution in [0, 0.1) is 0 Å². The van der Waals surface area contributed by atoms with E-state index in [0.717, 1.165) is 11.8 Å². The van der Waals surface area contributed by atoms with E-state index in [0.29, 0.717) is 16.0 Å². The van der Waals surface area contributed by atoms with Gasteiger partial charge in [-0.1, -0.05) is 6.07 Å². The zero-order valence-electron chi connectivity index (χ0n) is 12.2. The molecule has 2 rings (SSSR count). The number of benzene rings is 1. The Labute approximate surface area is 137 Å². The standard InChI is InChI=1S/C16H15N3O3S/c17-14(20)6-8-19-15(21)11-3-1-5-13(9-11)23-16(22)12-4-2-7-18-10-12/h1-5,7,9-10H,6,8H2,(H2,17,20)(H,19,21). The maximum Gasteiger partial charge on any atom is 0.251 e. The highest BCUT2D eigenvalue weighted by Crippen LogP contribution is 2.23. The number of nitrogens with one attached hydrogen (secondary N) is 1. The summed E-state index contributed by atoms with van der Waals surface area (Å²) < 4.78 is 0. The molecule has 3 N–H and O–H groups in total. The van der Waals surface area contributed by atoms with Crippen molar-refractivity contribution in [2.45, 2.75) is 11.3 Å². The number of rotatable bonds is 6. The minimum Gasteiger partial charge on any atom is -0.370 e. The molecule has 0 unspecified atom stereocenters. The first-order chi connectivity index (χ1) is 11.1. The van der Waals surface area contributed by atoms with Gasteiger partial charge in [0, 0.05) is 41.4 Å². The number of hydrogen-bond acceptors (Lipinski definition) is 5. The van der Waals surface area contributed by atoms with Crippen molar-refractivity contribution < 1.29 is 14.4 Å². The summed E-state index contributed by atoms with van der Waals surface area (Å²) in [5.74, 6) is -0.792. The van der Waals surface area contributed by atoms with Crippen molar-refractivity contribution in [1.29, 1.82) is 0 Å². The predicted molar refractivity (Wildman–Crippen MR) is 87.0 cm³/mol. The Bertz CT molecular complexity index is 720. The van der Waals surface area contributed by atoms with Crippen molar-refractivity contribution in [3.05, 3.63) is 59.9 Å². The van der Waals surface area contributed by atoms with Crippen LogP contribution in [-0.4, -0.2) is 28.5 Å². The first-order valence-corrected chi connectivity index (χ1v) is 7.66. The molecule has 118 valence electrons. The number of nitrogens with two attached hydrogens (primary N) is 1. The Morgan fingerprint density at radius 3 is 2.61 bits per heavy atom. The molecule has 0 radical (unpaired) electrons. The molecule has 7 heteroatoms. The maximum atomic E-state index is 12.1. The highest BCUT2D eigenvalue weighted by Gasteiger charge is 2.11. The molecule has 0 aliphatic carbocycles. The van der Waals surface area contributed by atoms with Crippen molar-refractivity contribution in [3.63, 3.8) is 0 Å². The van der Waals surface area contributed by atoms with Gasteiger partial charge >= 0.3 is 0 Å². The lowest BCUT2D eigenvalue weighted by atomic mass is 10.2. The fourth-order valence-electron chi connectivity index (χ4n) is 1.75. The van der Waals surface area contributed by atoms with Crippen LogP contribution in [0.4, 0.5) is 0 Å². The number of primary amides is 1. The second-order valence-corrected chi connectivity index (χ2v) is 5.68. The van der Waals surface area contributed by atoms with Gasteiger partial charge in [-0.2, -0.15) is 0 Å². The molecule has 0 aliphatic heterocycles. The van der Waals surface area contributed by atoms with Gasteiger partial charge in [0.1, 0.15) is 0 Å². The quantitative estimate of drug-likeness (QED) is 0.784. The summed E-state index contributed by atoms with van der Waals surface area (Å²) in [7, 11) is 0. The lowest BCUT2D eigenvalue weighted by molar-refractivity contribution is -0.117. The highest BCUT2D eigenvalue weighted by molar-refractivity contribution is 8.14. The van der Waals surface area contributed by atoms with E-state index in [9.17, 15) is 14.4 Å². The summed E-state index contributed by atoms with van der Waals surface area (Å²) in [6.45, 7) is 0.181. The van der Waals surface area contributed by atoms with Crippen molar-refractivity contribution in [2.24, 2.45) is 5.73 Å². The fourth-order valence-corrected chi connectivity index (χ4v) is 2.54. The molecule has 0 fully saturated rings. The topological polar surface area (TPSA) is 102 Å². The van der Waals surface area contributed by atoms with Gasteiger partial charge in [0.05, 0.1) is 0 Å². The van der Waals surface area contributed by atoms with Gasteiger partial charge in [0.2, 0.25) is 11.0 Å². The third kappa shape index (κ3) is 5.23. The van der Waals surface area contributed by atoms with Gasteiger partial charge < -0.3 is 11.1 Å². The van der Waals surface area contributed by atoms with Crippen LogP contribution in [0.1, 0.15) is 27.1 Å². The lowest BCUT2D eigenvalue weighted by Crippen LogP contribution is -2.27. The van der Waals surface area contributed by atoms with Gasteiger partial charge in [-0.25, -0.2) is 0 Å². The SMILES string of the molecule is NC(=O)CCNC(=O)c1cccc(SC(=O)c2cccnc2)c1. The van der Waals surface area contributed by atoms with Crippen LogP contribution in [0.25, 0.3) is 0 Å². The molecule has 0 saturated carbocycles. The Hall–Kier alpha value is -2.67. The summed E-state index contributed by atoms with van der Waals surface area (Å²) in [4.78, 5) is 39.3. The average Bonchev–Trinajstić information content (AvgIpc) is 2.55. The smallest absolute Gasteiger partial charge is 0.251 e. The average molecular weight is 329 g/mol. The van der Waals surface area contributed by atoms with E-state index in [1.807, 2.05) is 0 Å². The first-order valence-electron chi connectivity index (χ1n) is 6.85. The summed E-state index contributed by atoms with van der Waals surface area (Å²) in [5.41, 5.74) is 5.92. The number of nitrogens with zero attached hydrogens (tertiary/aromatic N) is 1. The number of amides is 2. The molecule has 0 bridgehead atoms. The minimum absolute atomic E-state index is 0.0830. The molecule has 1 aromatic carbocycles. The molecule has 0 aliphatic rings. The number of carbonyl (C=O) groups excluding carboxylic acids is 3. The predicted octanol–water partition coefficient (Wildman–Crippen LogP) is 1.62. The molecule has 2 aromatic rings. The van der Waals surface area contributed by atoms with Crippen LogP contribution >= 0.6 is 11.8 Å². The molecule has 6 nitrogen and oxygen atoms in total. The first kappa shape index (κ1) is 16.7. The molecular formula is C16H15N3O3S. The monoisotopic (exact) mass is 329 g/mol. The number of aromatic nitrogens is 1. The second-order valence-electron chi connectivity index (χ2n) is 4.63. The summed E-state index contributed by atoms with van der Waals surface area (Å²) in [5, 5.41) is 2.45. The van der Waals surface area contributed by atoms with E-state index >= 15 is 0 Å². The fraction of sp³-hybridized carbons (Fsp3) is 0.125. The van der Waals surface area contributed by atoms with Gasteiger partial charge in [0.25, 0.3) is 5.91 Å². The van der Waals surface area contributed by atoms with E-state index in [1.165, 1.54) is 6.20 Å². The molecule has 2 amide bonds. The van der Waals surface area contributed by atoms with Crippen LogP contribution in [0.15, 0.2) is 53.7 Å². The Kier molecular flexibility index (Phi) is 5.87. The third-order valence-electron chi connectivity index (χ3n) is 2.86. The molecule has 1 aromatic heterocycles. The Morgan fingerprint density at radius 1 is 1.13 bits per heavy atom.